The summed E-state index contributed by atoms with van der Waals surface area (Å²) in [5.74, 6) is -1.74. The van der Waals surface area contributed by atoms with E-state index in [2.05, 4.69) is 0 Å². The SMILES string of the molecule is COc1cc(F)ccc1C(=O)CS(C)(=O)=O. The lowest BCUT2D eigenvalue weighted by Gasteiger charge is -2.06. The zero-order valence-corrected chi connectivity index (χ0v) is 9.67. The van der Waals surface area contributed by atoms with Crippen LogP contribution in [0.25, 0.3) is 0 Å². The van der Waals surface area contributed by atoms with Crippen molar-refractivity contribution in [2.75, 3.05) is 19.1 Å². The molecular weight excluding hydrogens is 235 g/mol. The van der Waals surface area contributed by atoms with Crippen molar-refractivity contribution in [1.82, 2.24) is 0 Å². The average molecular weight is 246 g/mol. The molecule has 6 heteroatoms. The van der Waals surface area contributed by atoms with Gasteiger partial charge in [0.1, 0.15) is 17.3 Å². The maximum absolute atomic E-state index is 12.8. The number of ketones is 1. The van der Waals surface area contributed by atoms with Gasteiger partial charge in [0.05, 0.1) is 12.7 Å². The van der Waals surface area contributed by atoms with Crippen LogP contribution in [0.1, 0.15) is 10.4 Å². The molecule has 0 unspecified atom stereocenters. The molecular formula is C10H11FO4S. The topological polar surface area (TPSA) is 60.4 Å². The van der Waals surface area contributed by atoms with Crippen molar-refractivity contribution in [2.45, 2.75) is 0 Å². The van der Waals surface area contributed by atoms with E-state index < -0.39 is 27.2 Å². The van der Waals surface area contributed by atoms with Gasteiger partial charge < -0.3 is 4.74 Å². The minimum atomic E-state index is -3.41. The van der Waals surface area contributed by atoms with E-state index >= 15 is 0 Å². The standard InChI is InChI=1S/C10H11FO4S/c1-15-10-5-7(11)3-4-8(10)9(12)6-16(2,13)14/h3-5H,6H2,1-2H3. The number of benzene rings is 1. The van der Waals surface area contributed by atoms with Gasteiger partial charge in [-0.15, -0.1) is 0 Å². The molecule has 1 rings (SSSR count). The van der Waals surface area contributed by atoms with E-state index in [0.717, 1.165) is 18.4 Å². The normalized spacial score (nSPS) is 11.2. The first-order valence-corrected chi connectivity index (χ1v) is 6.44. The van der Waals surface area contributed by atoms with Crippen LogP contribution in [0.5, 0.6) is 5.75 Å². The first kappa shape index (κ1) is 12.6. The third kappa shape index (κ3) is 3.30. The Morgan fingerprint density at radius 2 is 2.06 bits per heavy atom. The Labute approximate surface area is 93.0 Å². The van der Waals surface area contributed by atoms with Crippen LogP contribution < -0.4 is 4.74 Å². The van der Waals surface area contributed by atoms with Crippen molar-refractivity contribution >= 4 is 15.6 Å². The zero-order valence-electron chi connectivity index (χ0n) is 8.86. The highest BCUT2D eigenvalue weighted by atomic mass is 32.2. The third-order valence-electron chi connectivity index (χ3n) is 1.86. The summed E-state index contributed by atoms with van der Waals surface area (Å²) in [5.41, 5.74) is 0.0642. The van der Waals surface area contributed by atoms with E-state index in [-0.39, 0.29) is 11.3 Å². The zero-order chi connectivity index (χ0) is 12.3. The minimum Gasteiger partial charge on any atom is -0.496 e. The number of hydrogen-bond acceptors (Lipinski definition) is 4. The summed E-state index contributed by atoms with van der Waals surface area (Å²) in [6, 6.07) is 3.33. The van der Waals surface area contributed by atoms with Gasteiger partial charge in [0.2, 0.25) is 0 Å². The van der Waals surface area contributed by atoms with E-state index in [9.17, 15) is 17.6 Å². The lowest BCUT2D eigenvalue weighted by molar-refractivity contribution is 0.101. The van der Waals surface area contributed by atoms with Crippen molar-refractivity contribution in [1.29, 1.82) is 0 Å². The molecule has 0 aromatic heterocycles. The maximum Gasteiger partial charge on any atom is 0.181 e. The number of methoxy groups -OCH3 is 1. The second kappa shape index (κ2) is 4.61. The summed E-state index contributed by atoms with van der Waals surface area (Å²) < 4.78 is 39.5. The average Bonchev–Trinajstić information content (AvgIpc) is 2.14. The smallest absolute Gasteiger partial charge is 0.181 e. The molecule has 0 aliphatic heterocycles. The molecule has 0 saturated carbocycles. The molecule has 1 aromatic carbocycles. The van der Waals surface area contributed by atoms with Crippen LogP contribution >= 0.6 is 0 Å². The highest BCUT2D eigenvalue weighted by Crippen LogP contribution is 2.20. The fraction of sp³-hybridized carbons (Fsp3) is 0.300. The fourth-order valence-corrected chi connectivity index (χ4v) is 1.84. The predicted molar refractivity (Wildman–Crippen MR) is 57.0 cm³/mol. The molecule has 88 valence electrons. The molecule has 0 aliphatic rings. The van der Waals surface area contributed by atoms with Crippen LogP contribution in [0.3, 0.4) is 0 Å². The van der Waals surface area contributed by atoms with Gasteiger partial charge in [0, 0.05) is 12.3 Å². The van der Waals surface area contributed by atoms with Crippen LogP contribution in [0.15, 0.2) is 18.2 Å². The summed E-state index contributed by atoms with van der Waals surface area (Å²) in [4.78, 5) is 11.6. The number of ether oxygens (including phenoxy) is 1. The Bertz CT molecular complexity index is 508. The minimum absolute atomic E-state index is 0.0358. The van der Waals surface area contributed by atoms with Crippen LogP contribution in [0.2, 0.25) is 0 Å². The van der Waals surface area contributed by atoms with Crippen molar-refractivity contribution in [2.24, 2.45) is 0 Å². The number of rotatable bonds is 4. The van der Waals surface area contributed by atoms with Gasteiger partial charge >= 0.3 is 0 Å². The third-order valence-corrected chi connectivity index (χ3v) is 2.64. The van der Waals surface area contributed by atoms with Gasteiger partial charge in [-0.1, -0.05) is 0 Å². The van der Waals surface area contributed by atoms with Gasteiger partial charge in [0.25, 0.3) is 0 Å². The maximum atomic E-state index is 12.8. The monoisotopic (exact) mass is 246 g/mol. The molecule has 0 fully saturated rings. The quantitative estimate of drug-likeness (QED) is 0.745. The Morgan fingerprint density at radius 1 is 1.44 bits per heavy atom. The summed E-state index contributed by atoms with van der Waals surface area (Å²) in [6.07, 6.45) is 0.959. The molecule has 0 aliphatic carbocycles. The molecule has 0 heterocycles. The number of sulfone groups is 1. The van der Waals surface area contributed by atoms with Crippen molar-refractivity contribution < 1.29 is 22.3 Å². The fourth-order valence-electron chi connectivity index (χ4n) is 1.21. The number of Topliss-reactive ketones (excluding diaryl/α,β-unsaturated/α-hetero) is 1. The second-order valence-electron chi connectivity index (χ2n) is 3.34. The van der Waals surface area contributed by atoms with Crippen LogP contribution in [-0.4, -0.2) is 33.3 Å². The van der Waals surface area contributed by atoms with E-state index in [1.807, 2.05) is 0 Å². The highest BCUT2D eigenvalue weighted by molar-refractivity contribution is 7.91. The molecule has 0 atom stereocenters. The number of carbonyl (C=O) groups excluding carboxylic acids is 1. The highest BCUT2D eigenvalue weighted by Gasteiger charge is 2.17. The molecule has 1 aromatic rings. The molecule has 0 amide bonds. The summed E-state index contributed by atoms with van der Waals surface area (Å²) in [5, 5.41) is 0. The van der Waals surface area contributed by atoms with Gasteiger partial charge in [-0.3, -0.25) is 4.79 Å². The van der Waals surface area contributed by atoms with Crippen LogP contribution in [0.4, 0.5) is 4.39 Å². The first-order valence-electron chi connectivity index (χ1n) is 4.38. The predicted octanol–water partition coefficient (Wildman–Crippen LogP) is 1.06. The van der Waals surface area contributed by atoms with Crippen molar-refractivity contribution in [3.8, 4) is 5.75 Å². The van der Waals surface area contributed by atoms with Crippen molar-refractivity contribution in [3.63, 3.8) is 0 Å². The lowest BCUT2D eigenvalue weighted by Crippen LogP contribution is -2.15. The molecule has 0 spiro atoms. The Kier molecular flexibility index (Phi) is 3.64. The largest absolute Gasteiger partial charge is 0.496 e. The van der Waals surface area contributed by atoms with E-state index in [0.29, 0.717) is 0 Å². The molecule has 4 nitrogen and oxygen atoms in total. The van der Waals surface area contributed by atoms with E-state index in [1.54, 1.807) is 0 Å². The lowest BCUT2D eigenvalue weighted by atomic mass is 10.1. The number of carbonyl (C=O) groups is 1. The summed E-state index contributed by atoms with van der Waals surface area (Å²) in [7, 11) is -2.12. The number of halogens is 1. The molecule has 16 heavy (non-hydrogen) atoms. The van der Waals surface area contributed by atoms with Gasteiger partial charge in [-0.05, 0) is 12.1 Å². The summed E-state index contributed by atoms with van der Waals surface area (Å²) >= 11 is 0. The molecule has 0 saturated heterocycles. The summed E-state index contributed by atoms with van der Waals surface area (Å²) in [6.45, 7) is 0. The molecule has 0 N–H and O–H groups in total. The van der Waals surface area contributed by atoms with E-state index in [4.69, 9.17) is 4.74 Å². The molecule has 0 radical (unpaired) electrons. The van der Waals surface area contributed by atoms with Crippen LogP contribution in [0, 0.1) is 5.82 Å². The van der Waals surface area contributed by atoms with Gasteiger partial charge in [-0.2, -0.15) is 0 Å². The van der Waals surface area contributed by atoms with Gasteiger partial charge in [0.15, 0.2) is 15.6 Å². The Balaban J connectivity index is 3.09. The molecule has 0 bridgehead atoms. The second-order valence-corrected chi connectivity index (χ2v) is 5.48. The first-order chi connectivity index (χ1) is 7.33. The number of hydrogen-bond donors (Lipinski definition) is 0. The van der Waals surface area contributed by atoms with Crippen molar-refractivity contribution in [3.05, 3.63) is 29.6 Å². The Morgan fingerprint density at radius 3 is 2.56 bits per heavy atom. The van der Waals surface area contributed by atoms with E-state index in [1.165, 1.54) is 13.2 Å². The Hall–Kier alpha value is -1.43. The van der Waals surface area contributed by atoms with Gasteiger partial charge in [-0.25, -0.2) is 12.8 Å². The van der Waals surface area contributed by atoms with Crippen LogP contribution in [-0.2, 0) is 9.84 Å².